The molecule has 1 fully saturated rings. The van der Waals surface area contributed by atoms with Gasteiger partial charge in [0.15, 0.2) is 23.0 Å². The van der Waals surface area contributed by atoms with Crippen molar-refractivity contribution in [3.63, 3.8) is 0 Å². The third-order valence-corrected chi connectivity index (χ3v) is 6.73. The van der Waals surface area contributed by atoms with E-state index in [1.165, 1.54) is 0 Å². The van der Waals surface area contributed by atoms with E-state index < -0.39 is 0 Å². The minimum absolute atomic E-state index is 0.0681. The molecule has 2 aromatic rings. The van der Waals surface area contributed by atoms with Gasteiger partial charge in [-0.3, -0.25) is 10.3 Å². The summed E-state index contributed by atoms with van der Waals surface area (Å²) in [5.41, 5.74) is 2.56. The van der Waals surface area contributed by atoms with Crippen LogP contribution in [0.4, 0.5) is 0 Å². The maximum absolute atomic E-state index is 11.0. The molecule has 5 rings (SSSR count). The number of para-hydroxylation sites is 1. The summed E-state index contributed by atoms with van der Waals surface area (Å²) < 4.78 is 16.8. The molecule has 0 aromatic heterocycles. The standard InChI is InChI=1S/C25H31N3O4/c1-3-28-12-10-25(11-13-28)26-19(17-8-9-21-23(14-17)32-16-31-21)15-20(27-25)18-6-5-7-22(24(18)29)30-4-2/h5-9,14,20,27,29H,3-4,10-13,15-16H2,1-2H3. The number of phenols is 1. The zero-order valence-corrected chi connectivity index (χ0v) is 18.8. The molecule has 0 bridgehead atoms. The number of rotatable bonds is 5. The SMILES string of the molecule is CCOc1cccc(C2CC(c3ccc4c(c3)OCO4)=NC3(CCN(CC)CC3)N2)c1O. The highest BCUT2D eigenvalue weighted by atomic mass is 16.7. The molecule has 7 heteroatoms. The van der Waals surface area contributed by atoms with Gasteiger partial charge < -0.3 is 24.2 Å². The van der Waals surface area contributed by atoms with Crippen molar-refractivity contribution >= 4 is 5.71 Å². The van der Waals surface area contributed by atoms with Crippen LogP contribution in [0.25, 0.3) is 0 Å². The van der Waals surface area contributed by atoms with Gasteiger partial charge in [0.2, 0.25) is 6.79 Å². The summed E-state index contributed by atoms with van der Waals surface area (Å²) in [6.07, 6.45) is 2.52. The van der Waals surface area contributed by atoms with Crippen LogP contribution in [-0.4, -0.2) is 54.4 Å². The van der Waals surface area contributed by atoms with Gasteiger partial charge in [0.05, 0.1) is 6.61 Å². The van der Waals surface area contributed by atoms with Crippen molar-refractivity contribution in [3.8, 4) is 23.0 Å². The predicted molar refractivity (Wildman–Crippen MR) is 123 cm³/mol. The molecule has 1 spiro atoms. The summed E-state index contributed by atoms with van der Waals surface area (Å²) in [5, 5.41) is 14.8. The third-order valence-electron chi connectivity index (χ3n) is 6.73. The summed E-state index contributed by atoms with van der Waals surface area (Å²) in [6.45, 7) is 7.94. The molecule has 1 saturated heterocycles. The largest absolute Gasteiger partial charge is 0.504 e. The molecule has 0 amide bonds. The average Bonchev–Trinajstić information content (AvgIpc) is 3.29. The highest BCUT2D eigenvalue weighted by molar-refractivity contribution is 6.02. The Morgan fingerprint density at radius 1 is 1.16 bits per heavy atom. The van der Waals surface area contributed by atoms with Crippen molar-refractivity contribution in [1.29, 1.82) is 0 Å². The van der Waals surface area contributed by atoms with Crippen LogP contribution in [0.2, 0.25) is 0 Å². The normalized spacial score (nSPS) is 22.1. The Kier molecular flexibility index (Phi) is 5.69. The number of hydrogen-bond acceptors (Lipinski definition) is 7. The minimum Gasteiger partial charge on any atom is -0.504 e. The van der Waals surface area contributed by atoms with Crippen LogP contribution in [-0.2, 0) is 0 Å². The smallest absolute Gasteiger partial charge is 0.231 e. The second-order valence-corrected chi connectivity index (χ2v) is 8.62. The zero-order valence-electron chi connectivity index (χ0n) is 18.8. The number of aromatic hydroxyl groups is 1. The number of nitrogens with one attached hydrogen (secondary N) is 1. The summed E-state index contributed by atoms with van der Waals surface area (Å²) in [4.78, 5) is 7.73. The molecule has 3 heterocycles. The van der Waals surface area contributed by atoms with Gasteiger partial charge in [0.1, 0.15) is 5.66 Å². The number of fused-ring (bicyclic) bond motifs is 1. The van der Waals surface area contributed by atoms with Gasteiger partial charge in [-0.1, -0.05) is 19.1 Å². The van der Waals surface area contributed by atoms with Gasteiger partial charge in [0, 0.05) is 36.8 Å². The van der Waals surface area contributed by atoms with Crippen molar-refractivity contribution in [1.82, 2.24) is 10.2 Å². The van der Waals surface area contributed by atoms with Crippen molar-refractivity contribution in [2.24, 2.45) is 4.99 Å². The molecule has 32 heavy (non-hydrogen) atoms. The van der Waals surface area contributed by atoms with Crippen LogP contribution >= 0.6 is 0 Å². The van der Waals surface area contributed by atoms with Crippen molar-refractivity contribution in [2.45, 2.75) is 44.8 Å². The first-order valence-electron chi connectivity index (χ1n) is 11.5. The summed E-state index contributed by atoms with van der Waals surface area (Å²) in [6, 6.07) is 11.7. The number of ether oxygens (including phenoxy) is 3. The van der Waals surface area contributed by atoms with Crippen molar-refractivity contribution < 1.29 is 19.3 Å². The highest BCUT2D eigenvalue weighted by Gasteiger charge is 2.40. The maximum Gasteiger partial charge on any atom is 0.231 e. The lowest BCUT2D eigenvalue weighted by Gasteiger charge is -2.45. The molecule has 2 aromatic carbocycles. The molecular weight excluding hydrogens is 406 g/mol. The molecular formula is C25H31N3O4. The van der Waals surface area contributed by atoms with Crippen LogP contribution in [0, 0.1) is 0 Å². The summed E-state index contributed by atoms with van der Waals surface area (Å²) in [7, 11) is 0. The first-order chi connectivity index (χ1) is 15.6. The van der Waals surface area contributed by atoms with Gasteiger partial charge in [-0.05, 0) is 56.1 Å². The summed E-state index contributed by atoms with van der Waals surface area (Å²) >= 11 is 0. The monoisotopic (exact) mass is 437 g/mol. The lowest BCUT2D eigenvalue weighted by molar-refractivity contribution is 0.129. The van der Waals surface area contributed by atoms with E-state index in [0.717, 1.165) is 60.8 Å². The molecule has 2 N–H and O–H groups in total. The van der Waals surface area contributed by atoms with Gasteiger partial charge in [-0.2, -0.15) is 0 Å². The molecule has 170 valence electrons. The number of phenolic OH excluding ortho intramolecular Hbond substituents is 1. The van der Waals surface area contributed by atoms with E-state index in [1.807, 2.05) is 37.3 Å². The van der Waals surface area contributed by atoms with Crippen molar-refractivity contribution in [2.75, 3.05) is 33.0 Å². The Hall–Kier alpha value is -2.77. The fourth-order valence-corrected chi connectivity index (χ4v) is 4.94. The topological polar surface area (TPSA) is 75.5 Å². The highest BCUT2D eigenvalue weighted by Crippen LogP contribution is 2.41. The quantitative estimate of drug-likeness (QED) is 0.740. The van der Waals surface area contributed by atoms with Gasteiger partial charge in [-0.25, -0.2) is 0 Å². The van der Waals surface area contributed by atoms with Crippen LogP contribution in [0.1, 0.15) is 50.3 Å². The van der Waals surface area contributed by atoms with Crippen LogP contribution in [0.3, 0.4) is 0 Å². The Labute approximate surface area is 189 Å². The number of hydrogen-bond donors (Lipinski definition) is 2. The molecule has 7 nitrogen and oxygen atoms in total. The summed E-state index contributed by atoms with van der Waals surface area (Å²) in [5.74, 6) is 2.26. The molecule has 3 aliphatic heterocycles. The maximum atomic E-state index is 11.0. The number of aliphatic imine (C=N–C) groups is 1. The van der Waals surface area contributed by atoms with Crippen LogP contribution in [0.15, 0.2) is 41.4 Å². The number of likely N-dealkylation sites (tertiary alicyclic amines) is 1. The number of nitrogens with zero attached hydrogens (tertiary/aromatic N) is 2. The van der Waals surface area contributed by atoms with E-state index in [4.69, 9.17) is 19.2 Å². The molecule has 0 radical (unpaired) electrons. The minimum atomic E-state index is -0.353. The second-order valence-electron chi connectivity index (χ2n) is 8.62. The first-order valence-corrected chi connectivity index (χ1v) is 11.5. The van der Waals surface area contributed by atoms with Crippen LogP contribution in [0.5, 0.6) is 23.0 Å². The lowest BCUT2D eigenvalue weighted by atomic mass is 9.87. The van der Waals surface area contributed by atoms with Gasteiger partial charge in [0.25, 0.3) is 0 Å². The van der Waals surface area contributed by atoms with E-state index in [1.54, 1.807) is 0 Å². The molecule has 1 unspecified atom stereocenters. The second kappa shape index (κ2) is 8.64. The first kappa shape index (κ1) is 21.1. The van der Waals surface area contributed by atoms with Gasteiger partial charge in [-0.15, -0.1) is 0 Å². The Balaban J connectivity index is 1.52. The Morgan fingerprint density at radius 2 is 1.97 bits per heavy atom. The molecule has 3 aliphatic rings. The van der Waals surface area contributed by atoms with E-state index in [9.17, 15) is 5.11 Å². The number of benzene rings is 2. The fraction of sp³-hybridized carbons (Fsp3) is 0.480. The fourth-order valence-electron chi connectivity index (χ4n) is 4.94. The zero-order chi connectivity index (χ0) is 22.1. The van der Waals surface area contributed by atoms with E-state index in [2.05, 4.69) is 23.2 Å². The van der Waals surface area contributed by atoms with Crippen molar-refractivity contribution in [3.05, 3.63) is 47.5 Å². The Bertz CT molecular complexity index is 1010. The number of piperidine rings is 1. The lowest BCUT2D eigenvalue weighted by Crippen LogP contribution is -2.56. The van der Waals surface area contributed by atoms with Gasteiger partial charge >= 0.3 is 0 Å². The van der Waals surface area contributed by atoms with E-state index in [-0.39, 0.29) is 24.2 Å². The molecule has 1 atom stereocenters. The molecule has 0 aliphatic carbocycles. The van der Waals surface area contributed by atoms with E-state index in [0.29, 0.717) is 18.8 Å². The van der Waals surface area contributed by atoms with Crippen LogP contribution < -0.4 is 19.5 Å². The molecule has 0 saturated carbocycles. The Morgan fingerprint density at radius 3 is 2.75 bits per heavy atom. The third kappa shape index (κ3) is 3.91. The average molecular weight is 438 g/mol. The predicted octanol–water partition coefficient (Wildman–Crippen LogP) is 3.86. The van der Waals surface area contributed by atoms with E-state index >= 15 is 0 Å².